The molecule has 3 atom stereocenters. The molecule has 0 heterocycles. The van der Waals surface area contributed by atoms with Gasteiger partial charge in [-0.2, -0.15) is 0 Å². The summed E-state index contributed by atoms with van der Waals surface area (Å²) in [6.45, 7) is 7.20. The molecule has 0 amide bonds. The van der Waals surface area contributed by atoms with Gasteiger partial charge in [-0.05, 0) is 33.6 Å². The van der Waals surface area contributed by atoms with E-state index >= 15 is 0 Å². The molecule has 0 saturated heterocycles. The predicted octanol–water partition coefficient (Wildman–Crippen LogP) is 2.10. The Labute approximate surface area is 101 Å². The number of hydrogen-bond donors (Lipinski definition) is 0. The maximum Gasteiger partial charge on any atom is 0.157 e. The van der Waals surface area contributed by atoms with Crippen LogP contribution in [0.1, 0.15) is 40.5 Å². The summed E-state index contributed by atoms with van der Waals surface area (Å²) in [5, 5.41) is 0. The minimum Gasteiger partial charge on any atom is -0.299 e. The third-order valence-electron chi connectivity index (χ3n) is 4.50. The van der Waals surface area contributed by atoms with Crippen molar-refractivity contribution in [3.63, 3.8) is 0 Å². The first-order chi connectivity index (χ1) is 7.79. The molecule has 0 N–H and O–H groups in total. The summed E-state index contributed by atoms with van der Waals surface area (Å²) in [4.78, 5) is 35.9. The fraction of sp³-hybridized carbons (Fsp3) is 0.643. The fourth-order valence-electron chi connectivity index (χ4n) is 3.25. The highest BCUT2D eigenvalue weighted by Crippen LogP contribution is 2.51. The lowest BCUT2D eigenvalue weighted by atomic mass is 9.67. The predicted molar refractivity (Wildman–Crippen MR) is 63.4 cm³/mol. The van der Waals surface area contributed by atoms with Crippen LogP contribution >= 0.6 is 0 Å². The Morgan fingerprint density at radius 2 is 1.82 bits per heavy atom. The molecule has 3 heteroatoms. The number of carbonyl (C=O) groups excluding carboxylic acids is 3. The topological polar surface area (TPSA) is 51.2 Å². The Hall–Kier alpha value is -1.25. The van der Waals surface area contributed by atoms with Crippen LogP contribution in [-0.4, -0.2) is 17.3 Å². The lowest BCUT2D eigenvalue weighted by Crippen LogP contribution is -2.34. The van der Waals surface area contributed by atoms with E-state index in [9.17, 15) is 14.4 Å². The van der Waals surface area contributed by atoms with Crippen molar-refractivity contribution in [3.8, 4) is 0 Å². The maximum atomic E-state index is 12.3. The highest BCUT2D eigenvalue weighted by Gasteiger charge is 2.59. The van der Waals surface area contributed by atoms with E-state index < -0.39 is 11.3 Å². The molecule has 0 unspecified atom stereocenters. The number of Topliss-reactive ketones (excluding diaryl/α,β-unsaturated/α-hetero) is 3. The summed E-state index contributed by atoms with van der Waals surface area (Å²) in [5.74, 6) is -1.90. The molecule has 0 aromatic rings. The van der Waals surface area contributed by atoms with Gasteiger partial charge in [-0.1, -0.05) is 18.1 Å². The van der Waals surface area contributed by atoms with Gasteiger partial charge in [0, 0.05) is 11.3 Å². The summed E-state index contributed by atoms with van der Waals surface area (Å²) >= 11 is 0. The maximum absolute atomic E-state index is 12.3. The van der Waals surface area contributed by atoms with Crippen molar-refractivity contribution in [2.45, 2.75) is 40.5 Å². The van der Waals surface area contributed by atoms with Crippen LogP contribution < -0.4 is 0 Å². The van der Waals surface area contributed by atoms with Gasteiger partial charge in [0.2, 0.25) is 0 Å². The first-order valence-electron chi connectivity index (χ1n) is 6.02. The highest BCUT2D eigenvalue weighted by molar-refractivity contribution is 6.26. The van der Waals surface area contributed by atoms with Crippen LogP contribution in [0.15, 0.2) is 11.1 Å². The van der Waals surface area contributed by atoms with Crippen LogP contribution in [0.3, 0.4) is 0 Å². The molecule has 0 aromatic heterocycles. The van der Waals surface area contributed by atoms with Crippen LogP contribution in [0.4, 0.5) is 0 Å². The van der Waals surface area contributed by atoms with E-state index in [1.165, 1.54) is 18.1 Å². The van der Waals surface area contributed by atoms with E-state index in [0.29, 0.717) is 12.8 Å². The van der Waals surface area contributed by atoms with E-state index in [-0.39, 0.29) is 23.3 Å². The summed E-state index contributed by atoms with van der Waals surface area (Å²) < 4.78 is 0. The van der Waals surface area contributed by atoms with Gasteiger partial charge in [0.1, 0.15) is 11.7 Å². The molecule has 2 aliphatic rings. The molecular formula is C14H18O3. The van der Waals surface area contributed by atoms with Crippen molar-refractivity contribution in [1.29, 1.82) is 0 Å². The van der Waals surface area contributed by atoms with E-state index in [1.54, 1.807) is 0 Å². The van der Waals surface area contributed by atoms with Crippen molar-refractivity contribution in [1.82, 2.24) is 0 Å². The molecule has 3 nitrogen and oxygen atoms in total. The van der Waals surface area contributed by atoms with Crippen LogP contribution in [0.5, 0.6) is 0 Å². The third kappa shape index (κ3) is 1.52. The van der Waals surface area contributed by atoms with Gasteiger partial charge in [0.05, 0.1) is 0 Å². The first-order valence-corrected chi connectivity index (χ1v) is 6.02. The Kier molecular flexibility index (Phi) is 2.60. The molecule has 0 aromatic carbocycles. The van der Waals surface area contributed by atoms with Crippen LogP contribution in [0.25, 0.3) is 0 Å². The zero-order valence-corrected chi connectivity index (χ0v) is 10.8. The number of carbonyl (C=O) groups is 3. The van der Waals surface area contributed by atoms with Crippen molar-refractivity contribution in [3.05, 3.63) is 11.1 Å². The van der Waals surface area contributed by atoms with Crippen LogP contribution in [0.2, 0.25) is 0 Å². The summed E-state index contributed by atoms with van der Waals surface area (Å²) in [7, 11) is 0. The van der Waals surface area contributed by atoms with Crippen molar-refractivity contribution in [2.75, 3.05) is 0 Å². The van der Waals surface area contributed by atoms with E-state index in [1.807, 2.05) is 20.8 Å². The van der Waals surface area contributed by atoms with Crippen LogP contribution in [0, 0.1) is 17.3 Å². The molecule has 2 aliphatic carbocycles. The molecular weight excluding hydrogens is 216 g/mol. The molecule has 92 valence electrons. The second-order valence-corrected chi connectivity index (χ2v) is 5.72. The third-order valence-corrected chi connectivity index (χ3v) is 4.50. The van der Waals surface area contributed by atoms with Gasteiger partial charge < -0.3 is 0 Å². The van der Waals surface area contributed by atoms with Gasteiger partial charge >= 0.3 is 0 Å². The molecule has 0 aliphatic heterocycles. The second kappa shape index (κ2) is 3.62. The second-order valence-electron chi connectivity index (χ2n) is 5.72. The molecule has 2 rings (SSSR count). The Bertz CT molecular complexity index is 458. The summed E-state index contributed by atoms with van der Waals surface area (Å²) in [6, 6.07) is 0. The smallest absolute Gasteiger partial charge is 0.157 e. The van der Waals surface area contributed by atoms with Crippen molar-refractivity contribution >= 4 is 17.3 Å². The standard InChI is InChI=1S/C14H18O3/c1-7-5-10-12(16)11(9(3)15)13(17)14(10,4)6-8(7)2/h10-11H,5-6H2,1-4H3/t10-,11+,14-/m0/s1. The lowest BCUT2D eigenvalue weighted by Gasteiger charge is -2.34. The van der Waals surface area contributed by atoms with Gasteiger partial charge in [-0.15, -0.1) is 0 Å². The fourth-order valence-corrected chi connectivity index (χ4v) is 3.25. The van der Waals surface area contributed by atoms with E-state index in [0.717, 1.165) is 0 Å². The normalized spacial score (nSPS) is 37.4. The van der Waals surface area contributed by atoms with Gasteiger partial charge in [-0.3, -0.25) is 14.4 Å². The quantitative estimate of drug-likeness (QED) is 0.515. The number of allylic oxidation sites excluding steroid dienone is 2. The Balaban J connectivity index is 2.47. The monoisotopic (exact) mass is 234 g/mol. The van der Waals surface area contributed by atoms with Crippen molar-refractivity contribution < 1.29 is 14.4 Å². The van der Waals surface area contributed by atoms with E-state index in [2.05, 4.69) is 0 Å². The van der Waals surface area contributed by atoms with E-state index in [4.69, 9.17) is 0 Å². The zero-order chi connectivity index (χ0) is 13.0. The lowest BCUT2D eigenvalue weighted by molar-refractivity contribution is -0.136. The molecule has 0 bridgehead atoms. The highest BCUT2D eigenvalue weighted by atomic mass is 16.2. The number of fused-ring (bicyclic) bond motifs is 1. The zero-order valence-electron chi connectivity index (χ0n) is 10.8. The average molecular weight is 234 g/mol. The molecule has 1 fully saturated rings. The first kappa shape index (κ1) is 12.2. The van der Waals surface area contributed by atoms with Gasteiger partial charge in [0.25, 0.3) is 0 Å². The molecule has 0 radical (unpaired) electrons. The largest absolute Gasteiger partial charge is 0.299 e. The Morgan fingerprint density at radius 3 is 2.35 bits per heavy atom. The van der Waals surface area contributed by atoms with Crippen molar-refractivity contribution in [2.24, 2.45) is 17.3 Å². The minimum absolute atomic E-state index is 0.156. The number of hydrogen-bond acceptors (Lipinski definition) is 3. The SMILES string of the molecule is CC(=O)[C@@H]1C(=O)[C@@H]2CC(C)=C(C)C[C@]2(C)C1=O. The van der Waals surface area contributed by atoms with Gasteiger partial charge in [0.15, 0.2) is 11.6 Å². The van der Waals surface area contributed by atoms with Crippen LogP contribution in [-0.2, 0) is 14.4 Å². The molecule has 17 heavy (non-hydrogen) atoms. The molecule has 0 spiro atoms. The number of ketones is 3. The summed E-state index contributed by atoms with van der Waals surface area (Å²) in [5.41, 5.74) is 1.74. The number of rotatable bonds is 1. The average Bonchev–Trinajstić information content (AvgIpc) is 2.39. The summed E-state index contributed by atoms with van der Waals surface area (Å²) in [6.07, 6.45) is 1.26. The minimum atomic E-state index is -0.997. The molecule has 1 saturated carbocycles. The van der Waals surface area contributed by atoms with Gasteiger partial charge in [-0.25, -0.2) is 0 Å². The Morgan fingerprint density at radius 1 is 1.24 bits per heavy atom.